The molecule has 2 N–H and O–H groups in total. The predicted octanol–water partition coefficient (Wildman–Crippen LogP) is 2.38. The zero-order valence-corrected chi connectivity index (χ0v) is 12.1. The van der Waals surface area contributed by atoms with Crippen LogP contribution in [0.1, 0.15) is 12.8 Å². The minimum Gasteiger partial charge on any atom is -0.355 e. The van der Waals surface area contributed by atoms with Crippen LogP contribution in [0.3, 0.4) is 0 Å². The van der Waals surface area contributed by atoms with Gasteiger partial charge in [0.25, 0.3) is 0 Å². The molecule has 2 aliphatic rings. The van der Waals surface area contributed by atoms with Crippen LogP contribution in [0.25, 0.3) is 10.6 Å². The van der Waals surface area contributed by atoms with Crippen molar-refractivity contribution >= 4 is 17.2 Å². The fourth-order valence-corrected chi connectivity index (χ4v) is 4.23. The second kappa shape index (κ2) is 4.82. The Kier molecular flexibility index (Phi) is 2.97. The van der Waals surface area contributed by atoms with Gasteiger partial charge >= 0.3 is 0 Å². The van der Waals surface area contributed by atoms with E-state index in [0.29, 0.717) is 12.0 Å². The van der Waals surface area contributed by atoms with E-state index in [2.05, 4.69) is 21.3 Å². The normalized spacial score (nSPS) is 28.9. The van der Waals surface area contributed by atoms with Crippen LogP contribution >= 0.6 is 11.3 Å². The van der Waals surface area contributed by atoms with Crippen LogP contribution in [0.4, 0.5) is 5.82 Å². The number of hydrogen-bond donors (Lipinski definition) is 1. The number of thiophene rings is 1. The summed E-state index contributed by atoms with van der Waals surface area (Å²) in [6.45, 7) is 2.12. The maximum atomic E-state index is 6.21. The van der Waals surface area contributed by atoms with Gasteiger partial charge in [-0.1, -0.05) is 6.07 Å². The second-order valence-electron chi connectivity index (χ2n) is 5.81. The van der Waals surface area contributed by atoms with E-state index in [1.54, 1.807) is 11.3 Å². The molecule has 0 amide bonds. The van der Waals surface area contributed by atoms with Crippen molar-refractivity contribution in [2.75, 3.05) is 18.0 Å². The Balaban J connectivity index is 1.59. The van der Waals surface area contributed by atoms with Crippen molar-refractivity contribution in [2.24, 2.45) is 17.6 Å². The first-order valence-electron chi connectivity index (χ1n) is 7.18. The predicted molar refractivity (Wildman–Crippen MR) is 81.7 cm³/mol. The van der Waals surface area contributed by atoms with E-state index in [1.807, 2.05) is 18.5 Å². The topological polar surface area (TPSA) is 55.0 Å². The maximum Gasteiger partial charge on any atom is 0.147 e. The number of hydrogen-bond acceptors (Lipinski definition) is 5. The number of rotatable bonds is 2. The lowest BCUT2D eigenvalue weighted by Gasteiger charge is -2.19. The molecule has 1 saturated heterocycles. The molecule has 5 heteroatoms. The van der Waals surface area contributed by atoms with E-state index in [-0.39, 0.29) is 0 Å². The zero-order valence-electron chi connectivity index (χ0n) is 11.3. The fourth-order valence-electron chi connectivity index (χ4n) is 3.55. The molecule has 3 atom stereocenters. The molecule has 0 radical (unpaired) electrons. The van der Waals surface area contributed by atoms with E-state index in [0.717, 1.165) is 30.5 Å². The largest absolute Gasteiger partial charge is 0.355 e. The van der Waals surface area contributed by atoms with E-state index in [1.165, 1.54) is 17.7 Å². The van der Waals surface area contributed by atoms with E-state index in [4.69, 9.17) is 10.7 Å². The quantitative estimate of drug-likeness (QED) is 0.921. The first-order chi connectivity index (χ1) is 9.81. The van der Waals surface area contributed by atoms with Gasteiger partial charge in [0.05, 0.1) is 17.3 Å². The number of anilines is 1. The van der Waals surface area contributed by atoms with Crippen molar-refractivity contribution in [2.45, 2.75) is 18.9 Å². The molecule has 3 unspecified atom stereocenters. The molecule has 3 heterocycles. The highest BCUT2D eigenvalue weighted by Gasteiger charge is 2.41. The van der Waals surface area contributed by atoms with Crippen molar-refractivity contribution in [3.8, 4) is 10.6 Å². The Morgan fingerprint density at radius 3 is 3.00 bits per heavy atom. The highest BCUT2D eigenvalue weighted by atomic mass is 32.1. The number of fused-ring (bicyclic) bond motifs is 1. The van der Waals surface area contributed by atoms with Crippen molar-refractivity contribution in [1.82, 2.24) is 9.97 Å². The number of aromatic nitrogens is 2. The average molecular weight is 286 g/mol. The Labute approximate surface area is 122 Å². The monoisotopic (exact) mass is 286 g/mol. The summed E-state index contributed by atoms with van der Waals surface area (Å²) in [6.07, 6.45) is 6.17. The average Bonchev–Trinajstić information content (AvgIpc) is 3.18. The molecule has 2 aromatic heterocycles. The standard InChI is InChI=1S/C15H18N4S/c16-12-4-3-10-8-19(9-11(10)12)15-7-17-6-13(18-15)14-2-1-5-20-14/h1-2,5-7,10-12H,3-4,8-9,16H2. The van der Waals surface area contributed by atoms with E-state index >= 15 is 0 Å². The summed E-state index contributed by atoms with van der Waals surface area (Å²) in [5, 5.41) is 2.07. The van der Waals surface area contributed by atoms with Gasteiger partial charge in [0.1, 0.15) is 11.5 Å². The van der Waals surface area contributed by atoms with E-state index < -0.39 is 0 Å². The molecule has 0 bridgehead atoms. The zero-order chi connectivity index (χ0) is 13.5. The van der Waals surface area contributed by atoms with Gasteiger partial charge in [-0.15, -0.1) is 11.3 Å². The van der Waals surface area contributed by atoms with Gasteiger partial charge in [0, 0.05) is 19.1 Å². The van der Waals surface area contributed by atoms with Gasteiger partial charge in [-0.2, -0.15) is 0 Å². The Morgan fingerprint density at radius 2 is 2.20 bits per heavy atom. The van der Waals surface area contributed by atoms with Crippen LogP contribution in [0.15, 0.2) is 29.9 Å². The molecule has 2 aromatic rings. The molecule has 0 aromatic carbocycles. The lowest BCUT2D eigenvalue weighted by molar-refractivity contribution is 0.453. The van der Waals surface area contributed by atoms with Crippen LogP contribution < -0.4 is 10.6 Å². The Bertz CT molecular complexity index is 598. The third-order valence-electron chi connectivity index (χ3n) is 4.63. The molecule has 4 rings (SSSR count). The van der Waals surface area contributed by atoms with Gasteiger partial charge in [-0.05, 0) is 36.1 Å². The molecule has 1 aliphatic heterocycles. The molecule has 20 heavy (non-hydrogen) atoms. The summed E-state index contributed by atoms with van der Waals surface area (Å²) in [5.74, 6) is 2.39. The molecule has 2 fully saturated rings. The molecule has 4 nitrogen and oxygen atoms in total. The summed E-state index contributed by atoms with van der Waals surface area (Å²) in [7, 11) is 0. The van der Waals surface area contributed by atoms with Crippen LogP contribution in [0, 0.1) is 11.8 Å². The summed E-state index contributed by atoms with van der Waals surface area (Å²) >= 11 is 1.70. The summed E-state index contributed by atoms with van der Waals surface area (Å²) in [5.41, 5.74) is 7.18. The third-order valence-corrected chi connectivity index (χ3v) is 5.52. The molecular weight excluding hydrogens is 268 g/mol. The molecule has 0 spiro atoms. The third kappa shape index (κ3) is 2.01. The van der Waals surface area contributed by atoms with Crippen LogP contribution in [0.2, 0.25) is 0 Å². The SMILES string of the molecule is NC1CCC2CN(c3cncc(-c4cccs4)n3)CC12. The molecular formula is C15H18N4S. The first-order valence-corrected chi connectivity index (χ1v) is 8.05. The van der Waals surface area contributed by atoms with Crippen molar-refractivity contribution in [3.63, 3.8) is 0 Å². The first kappa shape index (κ1) is 12.3. The van der Waals surface area contributed by atoms with Crippen LogP contribution in [-0.2, 0) is 0 Å². The maximum absolute atomic E-state index is 6.21. The van der Waals surface area contributed by atoms with Gasteiger partial charge in [0.2, 0.25) is 0 Å². The van der Waals surface area contributed by atoms with Gasteiger partial charge < -0.3 is 10.6 Å². The minimum atomic E-state index is 0.374. The highest BCUT2D eigenvalue weighted by molar-refractivity contribution is 7.13. The van der Waals surface area contributed by atoms with Crippen molar-refractivity contribution < 1.29 is 0 Å². The van der Waals surface area contributed by atoms with E-state index in [9.17, 15) is 0 Å². The summed E-state index contributed by atoms with van der Waals surface area (Å²) < 4.78 is 0. The highest BCUT2D eigenvalue weighted by Crippen LogP contribution is 2.38. The van der Waals surface area contributed by atoms with Gasteiger partial charge in [0.15, 0.2) is 0 Å². The Morgan fingerprint density at radius 1 is 1.25 bits per heavy atom. The van der Waals surface area contributed by atoms with Crippen molar-refractivity contribution in [1.29, 1.82) is 0 Å². The van der Waals surface area contributed by atoms with Gasteiger partial charge in [-0.25, -0.2) is 4.98 Å². The molecule has 104 valence electrons. The summed E-state index contributed by atoms with van der Waals surface area (Å²) in [6, 6.07) is 4.51. The minimum absolute atomic E-state index is 0.374. The Hall–Kier alpha value is -1.46. The second-order valence-corrected chi connectivity index (χ2v) is 6.76. The lowest BCUT2D eigenvalue weighted by Crippen LogP contribution is -2.30. The molecule has 1 saturated carbocycles. The lowest BCUT2D eigenvalue weighted by atomic mass is 9.98. The smallest absolute Gasteiger partial charge is 0.147 e. The number of nitrogens with two attached hydrogens (primary N) is 1. The summed E-state index contributed by atoms with van der Waals surface area (Å²) in [4.78, 5) is 12.7. The number of nitrogens with zero attached hydrogens (tertiary/aromatic N) is 3. The van der Waals surface area contributed by atoms with Crippen LogP contribution in [0.5, 0.6) is 0 Å². The fraction of sp³-hybridized carbons (Fsp3) is 0.467. The molecule has 1 aliphatic carbocycles. The van der Waals surface area contributed by atoms with Crippen LogP contribution in [-0.4, -0.2) is 29.1 Å². The van der Waals surface area contributed by atoms with Gasteiger partial charge in [-0.3, -0.25) is 4.98 Å². The van der Waals surface area contributed by atoms with Crippen molar-refractivity contribution in [3.05, 3.63) is 29.9 Å².